The van der Waals surface area contributed by atoms with Crippen molar-refractivity contribution >= 4 is 11.8 Å². The molecule has 49 heavy (non-hydrogen) atoms. The van der Waals surface area contributed by atoms with Gasteiger partial charge in [0.05, 0.1) is 13.2 Å². The van der Waals surface area contributed by atoms with Gasteiger partial charge in [0.15, 0.2) is 0 Å². The van der Waals surface area contributed by atoms with Crippen LogP contribution < -0.4 is 0 Å². The molecule has 4 heterocycles. The number of hydrogen-bond donors (Lipinski definition) is 1. The fraction of sp³-hybridized carbons (Fsp3) is 0.667. The smallest absolute Gasteiger partial charge is 0.0594 e. The lowest BCUT2D eigenvalue weighted by molar-refractivity contribution is -0.00389. The number of thioether (sulfide) groups is 1. The summed E-state index contributed by atoms with van der Waals surface area (Å²) in [6.45, 7) is 39.8. The summed E-state index contributed by atoms with van der Waals surface area (Å²) in [6, 6.07) is 16.6. The normalized spacial score (nSPS) is 16.3. The highest BCUT2D eigenvalue weighted by Gasteiger charge is 2.23. The van der Waals surface area contributed by atoms with Gasteiger partial charge in [0.2, 0.25) is 0 Å². The standard InChI is InChI=1S/C10H14.C9H13N.C8H17NO.C8H17NS.C7H12N2/c1-10(2,3)9-7-5-4-6-8-9;1-9(2,3)8-5-4-6-10-7-8;2*1-8(2,3)9-4-6-10-7-5-9;1-7(2,3)6-4-5-8-9-6/h4-8H,1-3H3;4-7H,1-3H3;2*4-7H2,1-3H3;4-5H,1-3H3,(H,8,9). The number of H-pyrrole nitrogens is 1. The molecule has 0 bridgehead atoms. The van der Waals surface area contributed by atoms with Gasteiger partial charge in [0.25, 0.3) is 0 Å². The molecule has 1 N–H and O–H groups in total. The van der Waals surface area contributed by atoms with Crippen molar-refractivity contribution < 1.29 is 4.74 Å². The van der Waals surface area contributed by atoms with Crippen LogP contribution in [0.5, 0.6) is 0 Å². The van der Waals surface area contributed by atoms with Gasteiger partial charge in [-0.2, -0.15) is 16.9 Å². The molecule has 2 fully saturated rings. The van der Waals surface area contributed by atoms with E-state index in [1.54, 1.807) is 12.4 Å². The molecule has 6 nitrogen and oxygen atoms in total. The van der Waals surface area contributed by atoms with Gasteiger partial charge in [-0.25, -0.2) is 0 Å². The molecule has 0 radical (unpaired) electrons. The maximum absolute atomic E-state index is 5.25. The zero-order chi connectivity index (χ0) is 37.4. The predicted octanol–water partition coefficient (Wildman–Crippen LogP) is 10.0. The molecule has 2 aliphatic heterocycles. The van der Waals surface area contributed by atoms with Crippen LogP contribution in [0.4, 0.5) is 0 Å². The molecule has 7 heteroatoms. The Bertz CT molecular complexity index is 1140. The van der Waals surface area contributed by atoms with Crippen molar-refractivity contribution in [2.75, 3.05) is 50.9 Å². The fourth-order valence-corrected chi connectivity index (χ4v) is 5.79. The predicted molar refractivity (Wildman–Crippen MR) is 216 cm³/mol. The van der Waals surface area contributed by atoms with Crippen molar-refractivity contribution in [3.05, 3.63) is 83.9 Å². The largest absolute Gasteiger partial charge is 0.379 e. The van der Waals surface area contributed by atoms with Crippen LogP contribution in [-0.2, 0) is 21.0 Å². The zero-order valence-electron chi connectivity index (χ0n) is 34.1. The lowest BCUT2D eigenvalue weighted by atomic mass is 9.87. The highest BCUT2D eigenvalue weighted by molar-refractivity contribution is 7.99. The van der Waals surface area contributed by atoms with Gasteiger partial charge < -0.3 is 4.74 Å². The number of ether oxygens (including phenoxy) is 1. The Kier molecular flexibility index (Phi) is 18.9. The van der Waals surface area contributed by atoms with Crippen molar-refractivity contribution in [2.24, 2.45) is 0 Å². The van der Waals surface area contributed by atoms with Gasteiger partial charge in [-0.05, 0) is 75.6 Å². The molecule has 278 valence electrons. The zero-order valence-corrected chi connectivity index (χ0v) is 34.9. The number of benzene rings is 1. The van der Waals surface area contributed by atoms with Crippen LogP contribution >= 0.6 is 11.8 Å². The van der Waals surface area contributed by atoms with E-state index in [1.165, 1.54) is 41.4 Å². The minimum Gasteiger partial charge on any atom is -0.379 e. The van der Waals surface area contributed by atoms with Gasteiger partial charge in [0.1, 0.15) is 0 Å². The van der Waals surface area contributed by atoms with Crippen molar-refractivity contribution in [1.29, 1.82) is 0 Å². The van der Waals surface area contributed by atoms with Crippen LogP contribution in [0.3, 0.4) is 0 Å². The first kappa shape index (κ1) is 44.8. The average molecular weight is 696 g/mol. The van der Waals surface area contributed by atoms with Gasteiger partial charge in [-0.1, -0.05) is 98.7 Å². The molecule has 0 amide bonds. The van der Waals surface area contributed by atoms with Crippen LogP contribution in [0.25, 0.3) is 0 Å². The van der Waals surface area contributed by atoms with E-state index in [-0.39, 0.29) is 10.8 Å². The van der Waals surface area contributed by atoms with E-state index in [1.807, 2.05) is 18.3 Å². The molecular formula is C42H73N5OS. The van der Waals surface area contributed by atoms with Crippen molar-refractivity contribution in [3.63, 3.8) is 0 Å². The summed E-state index contributed by atoms with van der Waals surface area (Å²) >= 11 is 2.07. The summed E-state index contributed by atoms with van der Waals surface area (Å²) in [5, 5.41) is 6.79. The first-order chi connectivity index (χ1) is 22.5. The van der Waals surface area contributed by atoms with Gasteiger partial charge in [0, 0.05) is 78.5 Å². The van der Waals surface area contributed by atoms with E-state index in [2.05, 4.69) is 177 Å². The summed E-state index contributed by atoms with van der Waals surface area (Å²) in [7, 11) is 0. The Labute approximate surface area is 306 Å². The van der Waals surface area contributed by atoms with Crippen LogP contribution in [0.1, 0.15) is 121 Å². The van der Waals surface area contributed by atoms with Gasteiger partial charge in [-0.3, -0.25) is 19.9 Å². The monoisotopic (exact) mass is 696 g/mol. The van der Waals surface area contributed by atoms with E-state index in [9.17, 15) is 0 Å². The molecule has 0 atom stereocenters. The first-order valence-corrected chi connectivity index (χ1v) is 19.3. The average Bonchev–Trinajstić information content (AvgIpc) is 3.59. The topological polar surface area (TPSA) is 57.3 Å². The Balaban J connectivity index is 0.000000306. The van der Waals surface area contributed by atoms with Crippen LogP contribution in [-0.4, -0.2) is 87.0 Å². The number of pyridine rings is 1. The number of nitrogens with one attached hydrogen (secondary N) is 1. The molecule has 3 aromatic rings. The van der Waals surface area contributed by atoms with Crippen molar-refractivity contribution in [3.8, 4) is 0 Å². The Morgan fingerprint density at radius 3 is 1.35 bits per heavy atom. The molecule has 2 aromatic heterocycles. The summed E-state index contributed by atoms with van der Waals surface area (Å²) < 4.78 is 5.25. The van der Waals surface area contributed by atoms with E-state index < -0.39 is 0 Å². The lowest BCUT2D eigenvalue weighted by Crippen LogP contribution is -2.47. The van der Waals surface area contributed by atoms with E-state index >= 15 is 0 Å². The number of morpholine rings is 1. The first-order valence-electron chi connectivity index (χ1n) is 18.1. The molecule has 0 saturated carbocycles. The van der Waals surface area contributed by atoms with Crippen molar-refractivity contribution in [1.82, 2.24) is 25.0 Å². The summed E-state index contributed by atoms with van der Waals surface area (Å²) in [4.78, 5) is 9.07. The van der Waals surface area contributed by atoms with E-state index in [0.29, 0.717) is 16.5 Å². The third-order valence-corrected chi connectivity index (χ3v) is 9.34. The minimum absolute atomic E-state index is 0.205. The van der Waals surface area contributed by atoms with Gasteiger partial charge >= 0.3 is 0 Å². The maximum Gasteiger partial charge on any atom is 0.0594 e. The minimum atomic E-state index is 0.205. The second kappa shape index (κ2) is 20.6. The Hall–Kier alpha value is -2.19. The number of hydrogen-bond acceptors (Lipinski definition) is 6. The van der Waals surface area contributed by atoms with E-state index in [0.717, 1.165) is 26.3 Å². The highest BCUT2D eigenvalue weighted by atomic mass is 32.2. The molecule has 0 spiro atoms. The molecule has 2 saturated heterocycles. The SMILES string of the molecule is CC(C)(C)N1CCOCC1.CC(C)(C)N1CCSCC1.CC(C)(C)c1ccccc1.CC(C)(C)c1cccnc1.CC(C)(C)c1ccn[nH]1. The number of nitrogens with zero attached hydrogens (tertiary/aromatic N) is 4. The molecule has 0 unspecified atom stereocenters. The second-order valence-corrected chi connectivity index (χ2v) is 19.1. The van der Waals surface area contributed by atoms with Gasteiger partial charge in [-0.15, -0.1) is 0 Å². The summed E-state index contributed by atoms with van der Waals surface area (Å²) in [5.41, 5.74) is 5.31. The third-order valence-electron chi connectivity index (χ3n) is 8.40. The number of aromatic nitrogens is 3. The molecular weight excluding hydrogens is 623 g/mol. The third kappa shape index (κ3) is 19.7. The molecule has 1 aromatic carbocycles. The van der Waals surface area contributed by atoms with Crippen molar-refractivity contribution in [2.45, 2.75) is 131 Å². The summed E-state index contributed by atoms with van der Waals surface area (Å²) in [5.74, 6) is 2.63. The number of aromatic amines is 1. The fourth-order valence-electron chi connectivity index (χ4n) is 4.89. The number of rotatable bonds is 0. The maximum atomic E-state index is 5.25. The van der Waals surface area contributed by atoms with E-state index in [4.69, 9.17) is 4.74 Å². The quantitative estimate of drug-likeness (QED) is 0.253. The molecule has 5 rings (SSSR count). The Morgan fingerprint density at radius 1 is 0.571 bits per heavy atom. The Morgan fingerprint density at radius 2 is 1.06 bits per heavy atom. The van der Waals surface area contributed by atoms with Crippen LogP contribution in [0.15, 0.2) is 67.1 Å². The molecule has 2 aliphatic rings. The highest BCUT2D eigenvalue weighted by Crippen LogP contribution is 2.22. The van der Waals surface area contributed by atoms with Crippen LogP contribution in [0, 0.1) is 0 Å². The summed E-state index contributed by atoms with van der Waals surface area (Å²) in [6.07, 6.45) is 5.50. The lowest BCUT2D eigenvalue weighted by Gasteiger charge is -2.38. The van der Waals surface area contributed by atoms with Crippen LogP contribution in [0.2, 0.25) is 0 Å². The second-order valence-electron chi connectivity index (χ2n) is 17.9. The molecule has 0 aliphatic carbocycles.